The number of benzene rings is 1. The van der Waals surface area contributed by atoms with Crippen molar-refractivity contribution in [2.24, 2.45) is 0 Å². The molecule has 2 rings (SSSR count). The summed E-state index contributed by atoms with van der Waals surface area (Å²) in [5.74, 6) is -3.35. The van der Waals surface area contributed by atoms with Crippen LogP contribution >= 0.6 is 0 Å². The second-order valence-corrected chi connectivity index (χ2v) is 4.78. The molecular weight excluding hydrogens is 256 g/mol. The normalized spacial score (nSPS) is 16.5. The number of carboxylic acids is 1. The minimum atomic E-state index is -1.03. The van der Waals surface area contributed by atoms with E-state index in [1.54, 1.807) is 0 Å². The third-order valence-electron chi connectivity index (χ3n) is 3.35. The first-order valence-corrected chi connectivity index (χ1v) is 5.91. The first kappa shape index (κ1) is 13.5. The van der Waals surface area contributed by atoms with Gasteiger partial charge < -0.3 is 10.4 Å². The Kier molecular flexibility index (Phi) is 3.50. The van der Waals surface area contributed by atoms with Crippen molar-refractivity contribution in [3.8, 4) is 0 Å². The van der Waals surface area contributed by atoms with E-state index < -0.39 is 34.6 Å². The van der Waals surface area contributed by atoms with Crippen LogP contribution in [0.3, 0.4) is 0 Å². The van der Waals surface area contributed by atoms with Crippen LogP contribution in [0, 0.1) is 11.6 Å². The molecule has 0 aliphatic heterocycles. The first-order chi connectivity index (χ1) is 8.92. The largest absolute Gasteiger partial charge is 0.481 e. The zero-order chi connectivity index (χ0) is 14.0. The fraction of sp³-hybridized carbons (Fsp3) is 0.385. The van der Waals surface area contributed by atoms with E-state index in [2.05, 4.69) is 5.32 Å². The van der Waals surface area contributed by atoms with Crippen LogP contribution in [0.25, 0.3) is 0 Å². The Morgan fingerprint density at radius 1 is 1.32 bits per heavy atom. The predicted molar refractivity (Wildman–Crippen MR) is 62.7 cm³/mol. The molecule has 0 bridgehead atoms. The van der Waals surface area contributed by atoms with Gasteiger partial charge in [-0.3, -0.25) is 9.59 Å². The number of amides is 1. The second-order valence-electron chi connectivity index (χ2n) is 4.78. The van der Waals surface area contributed by atoms with E-state index in [-0.39, 0.29) is 6.42 Å². The molecule has 1 aromatic rings. The lowest BCUT2D eigenvalue weighted by molar-refractivity contribution is -0.139. The van der Waals surface area contributed by atoms with Crippen molar-refractivity contribution < 1.29 is 23.5 Å². The number of hydrogen-bond donors (Lipinski definition) is 2. The van der Waals surface area contributed by atoms with E-state index in [1.807, 2.05) is 0 Å². The monoisotopic (exact) mass is 269 g/mol. The van der Waals surface area contributed by atoms with Gasteiger partial charge in [-0.1, -0.05) is 0 Å². The number of carboxylic acid groups (broad SMARTS) is 1. The third kappa shape index (κ3) is 2.89. The van der Waals surface area contributed by atoms with E-state index in [4.69, 9.17) is 5.11 Å². The highest BCUT2D eigenvalue weighted by Gasteiger charge is 2.40. The smallest absolute Gasteiger partial charge is 0.305 e. The van der Waals surface area contributed by atoms with Gasteiger partial charge in [0.05, 0.1) is 17.5 Å². The molecular formula is C13H13F2NO3. The fourth-order valence-corrected chi connectivity index (χ4v) is 2.22. The zero-order valence-corrected chi connectivity index (χ0v) is 10.1. The fourth-order valence-electron chi connectivity index (χ4n) is 2.22. The number of hydrogen-bond acceptors (Lipinski definition) is 2. The molecule has 0 atom stereocenters. The molecule has 0 radical (unpaired) electrons. The van der Waals surface area contributed by atoms with Crippen LogP contribution in [0.4, 0.5) is 8.78 Å². The number of halogens is 2. The summed E-state index contributed by atoms with van der Waals surface area (Å²) in [6, 6.07) is 2.59. The second kappa shape index (κ2) is 4.95. The van der Waals surface area contributed by atoms with Gasteiger partial charge in [-0.2, -0.15) is 0 Å². The zero-order valence-electron chi connectivity index (χ0n) is 10.1. The highest BCUT2D eigenvalue weighted by atomic mass is 19.1. The summed E-state index contributed by atoms with van der Waals surface area (Å²) in [6.45, 7) is 0. The van der Waals surface area contributed by atoms with Crippen molar-refractivity contribution in [2.45, 2.75) is 31.2 Å². The number of rotatable bonds is 4. The van der Waals surface area contributed by atoms with Crippen LogP contribution in [0.5, 0.6) is 0 Å². The van der Waals surface area contributed by atoms with Gasteiger partial charge in [-0.15, -0.1) is 0 Å². The van der Waals surface area contributed by atoms with Gasteiger partial charge in [-0.05, 0) is 37.5 Å². The lowest BCUT2D eigenvalue weighted by Gasteiger charge is -2.41. The van der Waals surface area contributed by atoms with Crippen molar-refractivity contribution in [3.05, 3.63) is 35.4 Å². The summed E-state index contributed by atoms with van der Waals surface area (Å²) in [6.07, 6.45) is 1.65. The van der Waals surface area contributed by atoms with Gasteiger partial charge in [0.1, 0.15) is 11.6 Å². The molecule has 1 fully saturated rings. The summed E-state index contributed by atoms with van der Waals surface area (Å²) in [4.78, 5) is 22.7. The maximum atomic E-state index is 13.4. The maximum Gasteiger partial charge on any atom is 0.305 e. The molecule has 4 nitrogen and oxygen atoms in total. The lowest BCUT2D eigenvalue weighted by atomic mass is 9.74. The van der Waals surface area contributed by atoms with E-state index in [9.17, 15) is 18.4 Å². The first-order valence-electron chi connectivity index (χ1n) is 5.91. The molecule has 0 unspecified atom stereocenters. The van der Waals surface area contributed by atoms with E-state index in [1.165, 1.54) is 0 Å². The van der Waals surface area contributed by atoms with E-state index >= 15 is 0 Å². The Hall–Kier alpha value is -1.98. The molecule has 1 aliphatic carbocycles. The van der Waals surface area contributed by atoms with Crippen LogP contribution in [-0.4, -0.2) is 22.5 Å². The number of aliphatic carboxylic acids is 1. The van der Waals surface area contributed by atoms with Gasteiger partial charge in [0.15, 0.2) is 0 Å². The van der Waals surface area contributed by atoms with Crippen LogP contribution in [0.15, 0.2) is 18.2 Å². The average Bonchev–Trinajstić information content (AvgIpc) is 2.28. The SMILES string of the molecule is O=C(O)CC1(NC(=O)c2cc(F)ccc2F)CCC1. The maximum absolute atomic E-state index is 13.4. The number of carbonyl (C=O) groups is 2. The van der Waals surface area contributed by atoms with Crippen molar-refractivity contribution >= 4 is 11.9 Å². The molecule has 1 aliphatic rings. The molecule has 19 heavy (non-hydrogen) atoms. The van der Waals surface area contributed by atoms with E-state index in [0.29, 0.717) is 12.8 Å². The summed E-state index contributed by atoms with van der Waals surface area (Å²) >= 11 is 0. The van der Waals surface area contributed by atoms with Crippen molar-refractivity contribution in [1.29, 1.82) is 0 Å². The molecule has 0 saturated heterocycles. The molecule has 1 saturated carbocycles. The van der Waals surface area contributed by atoms with Crippen molar-refractivity contribution in [3.63, 3.8) is 0 Å². The predicted octanol–water partition coefficient (Wildman–Crippen LogP) is 2.09. The van der Waals surface area contributed by atoms with Crippen molar-refractivity contribution in [1.82, 2.24) is 5.32 Å². The van der Waals surface area contributed by atoms with Crippen LogP contribution < -0.4 is 5.32 Å². The number of carbonyl (C=O) groups excluding carboxylic acids is 1. The summed E-state index contributed by atoms with van der Waals surface area (Å²) in [5.41, 5.74) is -1.24. The number of nitrogens with one attached hydrogen (secondary N) is 1. The Labute approximate surface area is 108 Å². The Morgan fingerprint density at radius 2 is 2.00 bits per heavy atom. The van der Waals surface area contributed by atoms with Gasteiger partial charge in [0, 0.05) is 0 Å². The Bertz CT molecular complexity index is 527. The topological polar surface area (TPSA) is 66.4 Å². The standard InChI is InChI=1S/C13H13F2NO3/c14-8-2-3-10(15)9(6-8)12(19)16-13(4-1-5-13)7-11(17)18/h2-3,6H,1,4-5,7H2,(H,16,19)(H,17,18). The van der Waals surface area contributed by atoms with Crippen molar-refractivity contribution in [2.75, 3.05) is 0 Å². The molecule has 2 N–H and O–H groups in total. The Morgan fingerprint density at radius 3 is 2.53 bits per heavy atom. The third-order valence-corrected chi connectivity index (χ3v) is 3.35. The quantitative estimate of drug-likeness (QED) is 0.879. The lowest BCUT2D eigenvalue weighted by Crippen LogP contribution is -2.54. The van der Waals surface area contributed by atoms with Crippen LogP contribution in [0.1, 0.15) is 36.0 Å². The minimum Gasteiger partial charge on any atom is -0.481 e. The highest BCUT2D eigenvalue weighted by molar-refractivity contribution is 5.95. The molecule has 6 heteroatoms. The average molecular weight is 269 g/mol. The van der Waals surface area contributed by atoms with E-state index in [0.717, 1.165) is 24.6 Å². The molecule has 1 amide bonds. The van der Waals surface area contributed by atoms with Gasteiger partial charge in [0.25, 0.3) is 5.91 Å². The molecule has 1 aromatic carbocycles. The minimum absolute atomic E-state index is 0.213. The summed E-state index contributed by atoms with van der Waals surface area (Å²) in [7, 11) is 0. The molecule has 0 aromatic heterocycles. The molecule has 0 heterocycles. The highest BCUT2D eigenvalue weighted by Crippen LogP contribution is 2.35. The Balaban J connectivity index is 2.16. The summed E-state index contributed by atoms with van der Waals surface area (Å²) < 4.78 is 26.4. The van der Waals surface area contributed by atoms with Gasteiger partial charge in [0.2, 0.25) is 0 Å². The summed E-state index contributed by atoms with van der Waals surface area (Å²) in [5, 5.41) is 11.3. The molecule has 102 valence electrons. The van der Waals surface area contributed by atoms with Crippen LogP contribution in [-0.2, 0) is 4.79 Å². The van der Waals surface area contributed by atoms with Gasteiger partial charge in [-0.25, -0.2) is 8.78 Å². The van der Waals surface area contributed by atoms with Crippen LogP contribution in [0.2, 0.25) is 0 Å². The molecule has 0 spiro atoms. The van der Waals surface area contributed by atoms with Gasteiger partial charge >= 0.3 is 5.97 Å².